The Morgan fingerprint density at radius 1 is 1.17 bits per heavy atom. The molecule has 6 nitrogen and oxygen atoms in total. The predicted molar refractivity (Wildman–Crippen MR) is 118 cm³/mol. The van der Waals surface area contributed by atoms with E-state index in [1.807, 2.05) is 42.6 Å². The molecule has 1 unspecified atom stereocenters. The first-order valence-electron chi connectivity index (χ1n) is 10.2. The second-order valence-corrected chi connectivity index (χ2v) is 10.7. The zero-order chi connectivity index (χ0) is 20.0. The molecule has 152 valence electrons. The molecule has 0 spiro atoms. The highest BCUT2D eigenvalue weighted by molar-refractivity contribution is 7.93. The summed E-state index contributed by atoms with van der Waals surface area (Å²) < 4.78 is 28.7. The molecule has 8 heteroatoms. The van der Waals surface area contributed by atoms with E-state index in [2.05, 4.69) is 9.88 Å². The lowest BCUT2D eigenvalue weighted by Gasteiger charge is -2.36. The van der Waals surface area contributed by atoms with Crippen molar-refractivity contribution < 1.29 is 8.42 Å². The molecule has 2 aliphatic rings. The molecule has 0 bridgehead atoms. The number of thiophene rings is 1. The molecule has 2 aromatic heterocycles. The molecule has 0 N–H and O–H groups in total. The summed E-state index contributed by atoms with van der Waals surface area (Å²) in [7, 11) is -3.42. The number of para-hydroxylation sites is 1. The van der Waals surface area contributed by atoms with Crippen LogP contribution in [0.4, 0.5) is 11.5 Å². The van der Waals surface area contributed by atoms with Crippen molar-refractivity contribution in [1.82, 2.24) is 9.97 Å². The van der Waals surface area contributed by atoms with Crippen LogP contribution in [-0.4, -0.2) is 43.3 Å². The van der Waals surface area contributed by atoms with Gasteiger partial charge in [0.1, 0.15) is 16.5 Å². The summed E-state index contributed by atoms with van der Waals surface area (Å²) in [6, 6.07) is 9.89. The smallest absolute Gasteiger partial charge is 0.239 e. The van der Waals surface area contributed by atoms with Gasteiger partial charge in [0, 0.05) is 26.1 Å². The van der Waals surface area contributed by atoms with E-state index in [1.54, 1.807) is 15.6 Å². The third-order valence-electron chi connectivity index (χ3n) is 5.92. The van der Waals surface area contributed by atoms with Gasteiger partial charge in [0.05, 0.1) is 16.3 Å². The van der Waals surface area contributed by atoms with Gasteiger partial charge in [-0.2, -0.15) is 0 Å². The third-order valence-corrected chi connectivity index (χ3v) is 8.95. The molecule has 5 rings (SSSR count). The van der Waals surface area contributed by atoms with Crippen molar-refractivity contribution in [2.45, 2.75) is 37.9 Å². The molecule has 1 saturated heterocycles. The summed E-state index contributed by atoms with van der Waals surface area (Å²) in [5.41, 5.74) is 1.97. The van der Waals surface area contributed by atoms with Crippen LogP contribution in [0, 0.1) is 0 Å². The monoisotopic (exact) mass is 428 g/mol. The number of aryl methyl sites for hydroxylation is 1. The Labute approximate surface area is 175 Å². The minimum absolute atomic E-state index is 0.420. The minimum Gasteiger partial charge on any atom is -0.355 e. The summed E-state index contributed by atoms with van der Waals surface area (Å²) in [6.07, 6.45) is 3.08. The molecule has 0 amide bonds. The van der Waals surface area contributed by atoms with E-state index in [1.165, 1.54) is 0 Å². The number of rotatable bonds is 4. The molecular formula is C21H24N4O2S2. The van der Waals surface area contributed by atoms with E-state index in [4.69, 9.17) is 4.98 Å². The average Bonchev–Trinajstić information content (AvgIpc) is 3.40. The van der Waals surface area contributed by atoms with Crippen molar-refractivity contribution in [2.24, 2.45) is 0 Å². The van der Waals surface area contributed by atoms with Gasteiger partial charge in [-0.15, -0.1) is 11.3 Å². The fraction of sp³-hybridized carbons (Fsp3) is 0.429. The summed E-state index contributed by atoms with van der Waals surface area (Å²) in [5.74, 6) is 1.70. The molecule has 29 heavy (non-hydrogen) atoms. The van der Waals surface area contributed by atoms with E-state index in [-0.39, 0.29) is 0 Å². The summed E-state index contributed by atoms with van der Waals surface area (Å²) >= 11 is 1.61. The Kier molecular flexibility index (Phi) is 4.70. The first-order chi connectivity index (χ1) is 14.1. The van der Waals surface area contributed by atoms with Crippen LogP contribution >= 0.6 is 11.3 Å². The Hall–Kier alpha value is -2.19. The largest absolute Gasteiger partial charge is 0.355 e. The zero-order valence-corrected chi connectivity index (χ0v) is 18.0. The molecular weight excluding hydrogens is 404 g/mol. The standard InChI is InChI=1S/C21H24N4O2S2/c1-2-19-22-20(17-10-13-28-21(17)23-19)24-11-5-7-16(14-24)29(26,27)25-12-9-15-6-3-4-8-18(15)25/h3-4,6,8,10,13,16H,2,5,7,9,11-12,14H2,1H3. The van der Waals surface area contributed by atoms with Gasteiger partial charge in [-0.25, -0.2) is 18.4 Å². The maximum absolute atomic E-state index is 13.5. The number of fused-ring (bicyclic) bond motifs is 2. The van der Waals surface area contributed by atoms with Crippen LogP contribution in [-0.2, 0) is 22.9 Å². The van der Waals surface area contributed by atoms with Gasteiger partial charge in [0.15, 0.2) is 0 Å². The lowest BCUT2D eigenvalue weighted by atomic mass is 10.1. The number of nitrogens with zero attached hydrogens (tertiary/aromatic N) is 4. The second kappa shape index (κ2) is 7.25. The molecule has 4 heterocycles. The van der Waals surface area contributed by atoms with Crippen LogP contribution in [0.25, 0.3) is 10.2 Å². The molecule has 0 aliphatic carbocycles. The number of hydrogen-bond donors (Lipinski definition) is 0. The van der Waals surface area contributed by atoms with E-state index in [0.29, 0.717) is 19.5 Å². The number of aromatic nitrogens is 2. The van der Waals surface area contributed by atoms with Crippen LogP contribution in [0.1, 0.15) is 31.2 Å². The molecule has 3 aromatic rings. The van der Waals surface area contributed by atoms with E-state index < -0.39 is 15.3 Å². The lowest BCUT2D eigenvalue weighted by Crippen LogP contribution is -2.48. The van der Waals surface area contributed by atoms with Crippen molar-refractivity contribution in [3.63, 3.8) is 0 Å². The normalized spacial score (nSPS) is 19.7. The zero-order valence-electron chi connectivity index (χ0n) is 16.4. The van der Waals surface area contributed by atoms with Gasteiger partial charge in [-0.05, 0) is 42.3 Å². The van der Waals surface area contributed by atoms with Crippen molar-refractivity contribution in [3.05, 3.63) is 47.1 Å². The molecule has 1 aromatic carbocycles. The quantitative estimate of drug-likeness (QED) is 0.635. The van der Waals surface area contributed by atoms with Gasteiger partial charge in [0.2, 0.25) is 10.0 Å². The highest BCUT2D eigenvalue weighted by atomic mass is 32.2. The third kappa shape index (κ3) is 3.18. The summed E-state index contributed by atoms with van der Waals surface area (Å²) in [6.45, 7) is 3.90. The van der Waals surface area contributed by atoms with Crippen molar-refractivity contribution in [2.75, 3.05) is 28.8 Å². The number of hydrogen-bond acceptors (Lipinski definition) is 6. The predicted octanol–water partition coefficient (Wildman–Crippen LogP) is 3.62. The number of benzene rings is 1. The van der Waals surface area contributed by atoms with E-state index in [0.717, 1.165) is 58.9 Å². The van der Waals surface area contributed by atoms with Crippen LogP contribution < -0.4 is 9.21 Å². The fourth-order valence-corrected chi connectivity index (χ4v) is 7.18. The van der Waals surface area contributed by atoms with Crippen molar-refractivity contribution in [3.8, 4) is 0 Å². The molecule has 2 aliphatic heterocycles. The average molecular weight is 429 g/mol. The van der Waals surface area contributed by atoms with Gasteiger partial charge < -0.3 is 4.90 Å². The second-order valence-electron chi connectivity index (χ2n) is 7.66. The van der Waals surface area contributed by atoms with Crippen LogP contribution in [0.15, 0.2) is 35.7 Å². The Bertz CT molecular complexity index is 1160. The number of sulfonamides is 1. The highest BCUT2D eigenvalue weighted by Crippen LogP contribution is 2.35. The van der Waals surface area contributed by atoms with Gasteiger partial charge in [0.25, 0.3) is 0 Å². The first kappa shape index (κ1) is 18.8. The van der Waals surface area contributed by atoms with Crippen molar-refractivity contribution >= 4 is 43.1 Å². The number of piperidine rings is 1. The van der Waals surface area contributed by atoms with E-state index >= 15 is 0 Å². The van der Waals surface area contributed by atoms with Crippen LogP contribution in [0.2, 0.25) is 0 Å². The fourth-order valence-electron chi connectivity index (χ4n) is 4.41. The lowest BCUT2D eigenvalue weighted by molar-refractivity contribution is 0.527. The molecule has 0 saturated carbocycles. The Morgan fingerprint density at radius 2 is 2.03 bits per heavy atom. The number of anilines is 2. The Morgan fingerprint density at radius 3 is 2.90 bits per heavy atom. The van der Waals surface area contributed by atoms with Gasteiger partial charge in [-0.3, -0.25) is 4.31 Å². The summed E-state index contributed by atoms with van der Waals surface area (Å²) in [4.78, 5) is 12.5. The molecule has 0 radical (unpaired) electrons. The topological polar surface area (TPSA) is 66.4 Å². The van der Waals surface area contributed by atoms with Crippen LogP contribution in [0.5, 0.6) is 0 Å². The SMILES string of the molecule is CCc1nc(N2CCCC(S(=O)(=O)N3CCc4ccccc43)C2)c2ccsc2n1. The first-order valence-corrected chi connectivity index (χ1v) is 12.5. The maximum atomic E-state index is 13.5. The van der Waals surface area contributed by atoms with E-state index in [9.17, 15) is 8.42 Å². The Balaban J connectivity index is 1.47. The maximum Gasteiger partial charge on any atom is 0.239 e. The molecule has 1 atom stereocenters. The molecule has 1 fully saturated rings. The van der Waals surface area contributed by atoms with Gasteiger partial charge in [-0.1, -0.05) is 25.1 Å². The van der Waals surface area contributed by atoms with Gasteiger partial charge >= 0.3 is 0 Å². The minimum atomic E-state index is -3.42. The van der Waals surface area contributed by atoms with Crippen LogP contribution in [0.3, 0.4) is 0 Å². The summed E-state index contributed by atoms with van der Waals surface area (Å²) in [5, 5.41) is 2.63. The highest BCUT2D eigenvalue weighted by Gasteiger charge is 2.38. The van der Waals surface area contributed by atoms with Crippen molar-refractivity contribution in [1.29, 1.82) is 0 Å².